The van der Waals surface area contributed by atoms with Gasteiger partial charge < -0.3 is 4.43 Å². The fraction of sp³-hybridized carbons (Fsp3) is 0.333. The molecule has 0 saturated carbocycles. The van der Waals surface area contributed by atoms with E-state index in [2.05, 4.69) is 30.9 Å². The summed E-state index contributed by atoms with van der Waals surface area (Å²) in [4.78, 5) is 0. The Morgan fingerprint density at radius 2 is 2.14 bits per heavy atom. The summed E-state index contributed by atoms with van der Waals surface area (Å²) in [6.45, 7) is 2.84. The molecule has 2 heteroatoms. The number of hydrogen-bond donors (Lipinski definition) is 0. The zero-order valence-electron chi connectivity index (χ0n) is 8.84. The van der Waals surface area contributed by atoms with E-state index in [0.29, 0.717) is 6.61 Å². The molecule has 1 rings (SSSR count). The van der Waals surface area contributed by atoms with Crippen molar-refractivity contribution in [2.75, 3.05) is 0 Å². The maximum atomic E-state index is 5.25. The third-order valence-electron chi connectivity index (χ3n) is 1.92. The van der Waals surface area contributed by atoms with Crippen LogP contribution in [0.3, 0.4) is 0 Å². The molecular weight excluding hydrogens is 188 g/mol. The Balaban J connectivity index is 2.80. The van der Waals surface area contributed by atoms with E-state index >= 15 is 0 Å². The molecule has 0 radical (unpaired) electrons. The van der Waals surface area contributed by atoms with Gasteiger partial charge >= 0.3 is 0 Å². The number of benzene rings is 1. The molecule has 0 N–H and O–H groups in total. The molecule has 0 aliphatic rings. The van der Waals surface area contributed by atoms with E-state index in [4.69, 9.17) is 4.43 Å². The molecule has 0 bridgehead atoms. The highest BCUT2D eigenvalue weighted by atomic mass is 28.2. The van der Waals surface area contributed by atoms with Crippen LogP contribution in [-0.2, 0) is 11.0 Å². The van der Waals surface area contributed by atoms with E-state index in [-0.39, 0.29) is 0 Å². The van der Waals surface area contributed by atoms with Gasteiger partial charge in [0.05, 0.1) is 6.61 Å². The second-order valence-electron chi connectivity index (χ2n) is 3.14. The zero-order valence-corrected chi connectivity index (χ0v) is 10.8. The summed E-state index contributed by atoms with van der Waals surface area (Å²) in [6, 6.07) is 8.18. The van der Waals surface area contributed by atoms with Gasteiger partial charge in [0.15, 0.2) is 0 Å². The van der Waals surface area contributed by atoms with Gasteiger partial charge in [0, 0.05) is 12.0 Å². The zero-order chi connectivity index (χ0) is 10.2. The molecule has 1 aromatic carbocycles. The van der Waals surface area contributed by atoms with Crippen molar-refractivity contribution in [3.8, 4) is 11.8 Å². The average molecular weight is 204 g/mol. The SMILES string of the molecule is CCCC#Cc1ccccc1CO[SiH3]. The molecule has 0 amide bonds. The monoisotopic (exact) mass is 204 g/mol. The lowest BCUT2D eigenvalue weighted by molar-refractivity contribution is 0.338. The van der Waals surface area contributed by atoms with Crippen LogP contribution in [0.25, 0.3) is 0 Å². The van der Waals surface area contributed by atoms with E-state index in [0.717, 1.165) is 28.9 Å². The lowest BCUT2D eigenvalue weighted by atomic mass is 10.1. The normalized spacial score (nSPS) is 9.50. The summed E-state index contributed by atoms with van der Waals surface area (Å²) in [5.41, 5.74) is 2.31. The van der Waals surface area contributed by atoms with Gasteiger partial charge in [-0.1, -0.05) is 37.0 Å². The Labute approximate surface area is 89.0 Å². The number of rotatable bonds is 3. The maximum Gasteiger partial charge on any atom is 0.146 e. The highest BCUT2D eigenvalue weighted by Gasteiger charge is 1.96. The molecule has 74 valence electrons. The standard InChI is InChI=1S/C12H16OSi/c1-2-3-4-7-11-8-5-6-9-12(11)10-13-14/h5-6,8-9H,2-3,10H2,1,14H3. The van der Waals surface area contributed by atoms with Crippen molar-refractivity contribution in [3.63, 3.8) is 0 Å². The van der Waals surface area contributed by atoms with E-state index in [1.165, 1.54) is 5.56 Å². The quantitative estimate of drug-likeness (QED) is 0.537. The van der Waals surface area contributed by atoms with Crippen LogP contribution in [-0.4, -0.2) is 10.5 Å². The predicted octanol–water partition coefficient (Wildman–Crippen LogP) is 1.64. The molecule has 1 aromatic rings. The van der Waals surface area contributed by atoms with Crippen LogP contribution in [0.4, 0.5) is 0 Å². The van der Waals surface area contributed by atoms with Gasteiger partial charge in [-0.05, 0) is 18.1 Å². The van der Waals surface area contributed by atoms with Crippen molar-refractivity contribution >= 4 is 10.5 Å². The Hall–Kier alpha value is -1.04. The second kappa shape index (κ2) is 6.42. The van der Waals surface area contributed by atoms with Gasteiger partial charge in [0.1, 0.15) is 10.5 Å². The van der Waals surface area contributed by atoms with Crippen LogP contribution >= 0.6 is 0 Å². The van der Waals surface area contributed by atoms with E-state index in [1.54, 1.807) is 0 Å². The summed E-state index contributed by atoms with van der Waals surface area (Å²) in [5, 5.41) is 0. The van der Waals surface area contributed by atoms with Gasteiger partial charge in [-0.3, -0.25) is 0 Å². The Kier molecular flexibility index (Phi) is 5.06. The van der Waals surface area contributed by atoms with Crippen LogP contribution in [0.2, 0.25) is 0 Å². The van der Waals surface area contributed by atoms with Crippen molar-refractivity contribution in [2.45, 2.75) is 26.4 Å². The van der Waals surface area contributed by atoms with E-state index in [9.17, 15) is 0 Å². The Bertz CT molecular complexity index is 336. The molecule has 0 fully saturated rings. The summed E-state index contributed by atoms with van der Waals surface area (Å²) >= 11 is 0. The molecule has 0 aliphatic carbocycles. The van der Waals surface area contributed by atoms with Crippen LogP contribution < -0.4 is 0 Å². The highest BCUT2D eigenvalue weighted by Crippen LogP contribution is 2.08. The van der Waals surface area contributed by atoms with Crippen LogP contribution in [0.1, 0.15) is 30.9 Å². The fourth-order valence-electron chi connectivity index (χ4n) is 1.21. The summed E-state index contributed by atoms with van der Waals surface area (Å²) in [7, 11) is 0.779. The molecule has 0 heterocycles. The molecule has 0 spiro atoms. The molecule has 0 aliphatic heterocycles. The lowest BCUT2D eigenvalue weighted by Gasteiger charge is -2.02. The minimum atomic E-state index is 0.698. The minimum Gasteiger partial charge on any atom is -0.424 e. The number of hydrogen-bond acceptors (Lipinski definition) is 1. The second-order valence-corrected chi connectivity index (χ2v) is 3.72. The lowest BCUT2D eigenvalue weighted by Crippen LogP contribution is -1.92. The average Bonchev–Trinajstić information content (AvgIpc) is 2.21. The molecule has 0 unspecified atom stereocenters. The highest BCUT2D eigenvalue weighted by molar-refractivity contribution is 5.97. The summed E-state index contributed by atoms with van der Waals surface area (Å²) < 4.78 is 5.25. The molecule has 0 aromatic heterocycles. The van der Waals surface area contributed by atoms with Crippen molar-refractivity contribution in [2.24, 2.45) is 0 Å². The maximum absolute atomic E-state index is 5.25. The Morgan fingerprint density at radius 3 is 2.86 bits per heavy atom. The van der Waals surface area contributed by atoms with Crippen molar-refractivity contribution in [1.29, 1.82) is 0 Å². The fourth-order valence-corrected chi connectivity index (χ4v) is 1.52. The molecule has 0 saturated heterocycles. The van der Waals surface area contributed by atoms with Crippen LogP contribution in [0, 0.1) is 11.8 Å². The third kappa shape index (κ3) is 3.37. The molecular formula is C12H16OSi. The topological polar surface area (TPSA) is 9.23 Å². The van der Waals surface area contributed by atoms with Crippen LogP contribution in [0.15, 0.2) is 24.3 Å². The first-order valence-corrected chi connectivity index (χ1v) is 5.75. The van der Waals surface area contributed by atoms with Gasteiger partial charge in [-0.25, -0.2) is 0 Å². The van der Waals surface area contributed by atoms with Crippen molar-refractivity contribution in [3.05, 3.63) is 35.4 Å². The Morgan fingerprint density at radius 1 is 1.36 bits per heavy atom. The molecule has 0 atom stereocenters. The predicted molar refractivity (Wildman–Crippen MR) is 63.0 cm³/mol. The van der Waals surface area contributed by atoms with Crippen molar-refractivity contribution in [1.82, 2.24) is 0 Å². The van der Waals surface area contributed by atoms with Gasteiger partial charge in [0.2, 0.25) is 0 Å². The summed E-state index contributed by atoms with van der Waals surface area (Å²) in [5.74, 6) is 6.34. The van der Waals surface area contributed by atoms with Crippen molar-refractivity contribution < 1.29 is 4.43 Å². The van der Waals surface area contributed by atoms with Crippen LogP contribution in [0.5, 0.6) is 0 Å². The first-order chi connectivity index (χ1) is 6.88. The molecule has 1 nitrogen and oxygen atoms in total. The van der Waals surface area contributed by atoms with E-state index < -0.39 is 0 Å². The third-order valence-corrected chi connectivity index (χ3v) is 2.20. The number of unbranched alkanes of at least 4 members (excludes halogenated alkanes) is 1. The van der Waals surface area contributed by atoms with Gasteiger partial charge in [-0.15, -0.1) is 0 Å². The molecule has 14 heavy (non-hydrogen) atoms. The minimum absolute atomic E-state index is 0.698. The first kappa shape index (κ1) is 11.0. The van der Waals surface area contributed by atoms with Gasteiger partial charge in [0.25, 0.3) is 0 Å². The first-order valence-electron chi connectivity index (χ1n) is 4.94. The van der Waals surface area contributed by atoms with E-state index in [1.807, 2.05) is 12.1 Å². The van der Waals surface area contributed by atoms with Gasteiger partial charge in [-0.2, -0.15) is 0 Å². The smallest absolute Gasteiger partial charge is 0.146 e. The summed E-state index contributed by atoms with van der Waals surface area (Å²) in [6.07, 6.45) is 2.09. The largest absolute Gasteiger partial charge is 0.424 e.